The molecule has 0 aromatic heterocycles. The summed E-state index contributed by atoms with van der Waals surface area (Å²) in [6.07, 6.45) is 0.397. The highest BCUT2D eigenvalue weighted by Crippen LogP contribution is 2.03. The molecule has 0 rings (SSSR count). The van der Waals surface area contributed by atoms with E-state index in [0.717, 1.165) is 0 Å². The average Bonchev–Trinajstić information content (AvgIpc) is 2.53. The van der Waals surface area contributed by atoms with Crippen LogP contribution in [-0.2, 0) is 23.9 Å². The SMILES string of the molecule is COC(=O)CCC(NC(=O)[C@@H](N)CCCNC(N)N)C(=O)OC. The Balaban J connectivity index is 4.34. The largest absolute Gasteiger partial charge is 0.469 e. The molecular formula is C13H27N5O5. The predicted molar refractivity (Wildman–Crippen MR) is 82.6 cm³/mol. The van der Waals surface area contributed by atoms with Crippen molar-refractivity contribution < 1.29 is 23.9 Å². The molecule has 0 heterocycles. The first-order valence-corrected chi connectivity index (χ1v) is 7.27. The Morgan fingerprint density at radius 2 is 1.70 bits per heavy atom. The summed E-state index contributed by atoms with van der Waals surface area (Å²) in [6.45, 7) is 0.515. The quantitative estimate of drug-likeness (QED) is 0.155. The summed E-state index contributed by atoms with van der Waals surface area (Å²) in [7, 11) is 2.44. The van der Waals surface area contributed by atoms with E-state index in [1.807, 2.05) is 0 Å². The molecule has 1 unspecified atom stereocenters. The zero-order valence-corrected chi connectivity index (χ0v) is 13.5. The molecule has 10 heteroatoms. The molecule has 0 saturated carbocycles. The van der Waals surface area contributed by atoms with Gasteiger partial charge in [-0.15, -0.1) is 0 Å². The lowest BCUT2D eigenvalue weighted by molar-refractivity contribution is -0.146. The summed E-state index contributed by atoms with van der Waals surface area (Å²) in [4.78, 5) is 34.8. The van der Waals surface area contributed by atoms with Gasteiger partial charge in [0.1, 0.15) is 12.3 Å². The van der Waals surface area contributed by atoms with Crippen LogP contribution in [0.1, 0.15) is 25.7 Å². The van der Waals surface area contributed by atoms with Crippen LogP contribution in [0, 0.1) is 0 Å². The monoisotopic (exact) mass is 333 g/mol. The van der Waals surface area contributed by atoms with E-state index in [2.05, 4.69) is 20.1 Å². The number of carbonyl (C=O) groups is 3. The lowest BCUT2D eigenvalue weighted by atomic mass is 10.1. The molecule has 23 heavy (non-hydrogen) atoms. The van der Waals surface area contributed by atoms with Crippen molar-refractivity contribution in [1.82, 2.24) is 10.6 Å². The second-order valence-electron chi connectivity index (χ2n) is 4.93. The minimum absolute atomic E-state index is 0.0237. The summed E-state index contributed by atoms with van der Waals surface area (Å²) in [5, 5.41) is 5.27. The number of methoxy groups -OCH3 is 2. The van der Waals surface area contributed by atoms with E-state index in [9.17, 15) is 14.4 Å². The van der Waals surface area contributed by atoms with Crippen molar-refractivity contribution in [2.75, 3.05) is 20.8 Å². The molecule has 8 N–H and O–H groups in total. The van der Waals surface area contributed by atoms with E-state index in [1.54, 1.807) is 0 Å². The van der Waals surface area contributed by atoms with Crippen LogP contribution in [-0.4, -0.2) is 57.0 Å². The van der Waals surface area contributed by atoms with Gasteiger partial charge in [-0.1, -0.05) is 0 Å². The fourth-order valence-corrected chi connectivity index (χ4v) is 1.76. The van der Waals surface area contributed by atoms with Gasteiger partial charge in [0.15, 0.2) is 0 Å². The first-order chi connectivity index (χ1) is 10.8. The van der Waals surface area contributed by atoms with Crippen molar-refractivity contribution in [2.45, 2.75) is 44.1 Å². The molecule has 1 amide bonds. The van der Waals surface area contributed by atoms with E-state index < -0.39 is 36.2 Å². The van der Waals surface area contributed by atoms with Gasteiger partial charge in [0.05, 0.1) is 20.3 Å². The predicted octanol–water partition coefficient (Wildman–Crippen LogP) is -2.50. The van der Waals surface area contributed by atoms with Crippen molar-refractivity contribution in [3.63, 3.8) is 0 Å². The van der Waals surface area contributed by atoms with Crippen molar-refractivity contribution >= 4 is 17.8 Å². The van der Waals surface area contributed by atoms with Crippen LogP contribution in [0.3, 0.4) is 0 Å². The lowest BCUT2D eigenvalue weighted by Gasteiger charge is -2.19. The smallest absolute Gasteiger partial charge is 0.328 e. The third-order valence-electron chi connectivity index (χ3n) is 3.08. The highest BCUT2D eigenvalue weighted by molar-refractivity contribution is 5.87. The summed E-state index contributed by atoms with van der Waals surface area (Å²) in [6, 6.07) is -1.75. The number of hydrogen-bond acceptors (Lipinski definition) is 9. The first-order valence-electron chi connectivity index (χ1n) is 7.27. The van der Waals surface area contributed by atoms with Crippen LogP contribution in [0.25, 0.3) is 0 Å². The molecular weight excluding hydrogens is 306 g/mol. The topological polar surface area (TPSA) is 172 Å². The molecule has 134 valence electrons. The maximum Gasteiger partial charge on any atom is 0.328 e. The van der Waals surface area contributed by atoms with Crippen molar-refractivity contribution in [2.24, 2.45) is 17.2 Å². The van der Waals surface area contributed by atoms with Crippen LogP contribution in [0.4, 0.5) is 0 Å². The Morgan fingerprint density at radius 3 is 2.22 bits per heavy atom. The van der Waals surface area contributed by atoms with Gasteiger partial charge in [0.25, 0.3) is 0 Å². The number of rotatable bonds is 11. The fraction of sp³-hybridized carbons (Fsp3) is 0.769. The maximum atomic E-state index is 12.0. The van der Waals surface area contributed by atoms with Gasteiger partial charge in [0, 0.05) is 6.42 Å². The second-order valence-corrected chi connectivity index (χ2v) is 4.93. The van der Waals surface area contributed by atoms with E-state index in [0.29, 0.717) is 19.4 Å². The number of hydrogen-bond donors (Lipinski definition) is 5. The van der Waals surface area contributed by atoms with Gasteiger partial charge in [-0.25, -0.2) is 4.79 Å². The summed E-state index contributed by atoms with van der Waals surface area (Å²) >= 11 is 0. The Kier molecular flexibility index (Phi) is 10.9. The number of carbonyl (C=O) groups excluding carboxylic acids is 3. The minimum Gasteiger partial charge on any atom is -0.469 e. The number of ether oxygens (including phenoxy) is 2. The van der Waals surface area contributed by atoms with Crippen molar-refractivity contribution in [3.8, 4) is 0 Å². The molecule has 0 aliphatic carbocycles. The molecule has 0 aliphatic rings. The fourth-order valence-electron chi connectivity index (χ4n) is 1.76. The van der Waals surface area contributed by atoms with Crippen molar-refractivity contribution in [1.29, 1.82) is 0 Å². The van der Waals surface area contributed by atoms with Gasteiger partial charge in [0.2, 0.25) is 5.91 Å². The standard InChI is InChI=1S/C13H27N5O5/c1-22-10(19)6-5-9(12(21)23-2)18-11(20)8(14)4-3-7-17-13(15)16/h8-9,13,17H,3-7,14-16H2,1-2H3,(H,18,20)/t8-,9?/m0/s1. The van der Waals surface area contributed by atoms with E-state index in [4.69, 9.17) is 17.2 Å². The Morgan fingerprint density at radius 1 is 1.04 bits per heavy atom. The lowest BCUT2D eigenvalue weighted by Crippen LogP contribution is -2.49. The van der Waals surface area contributed by atoms with Crippen LogP contribution >= 0.6 is 0 Å². The van der Waals surface area contributed by atoms with Gasteiger partial charge < -0.3 is 32.0 Å². The molecule has 0 fully saturated rings. The van der Waals surface area contributed by atoms with Crippen LogP contribution < -0.4 is 27.8 Å². The van der Waals surface area contributed by atoms with Gasteiger partial charge in [-0.2, -0.15) is 0 Å². The van der Waals surface area contributed by atoms with Gasteiger partial charge >= 0.3 is 11.9 Å². The highest BCUT2D eigenvalue weighted by atomic mass is 16.5. The average molecular weight is 333 g/mol. The van der Waals surface area contributed by atoms with E-state index >= 15 is 0 Å². The Hall–Kier alpha value is -1.75. The molecule has 0 aliphatic heterocycles. The van der Waals surface area contributed by atoms with E-state index in [1.165, 1.54) is 14.2 Å². The normalized spacial score (nSPS) is 13.3. The van der Waals surface area contributed by atoms with Gasteiger partial charge in [-0.05, 0) is 25.8 Å². The molecule has 2 atom stereocenters. The Bertz CT molecular complexity index is 391. The zero-order valence-electron chi connectivity index (χ0n) is 13.5. The summed E-state index contributed by atoms with van der Waals surface area (Å²) in [5.74, 6) is -1.63. The number of nitrogens with one attached hydrogen (secondary N) is 2. The molecule has 0 spiro atoms. The first kappa shape index (κ1) is 21.2. The summed E-state index contributed by atoms with van der Waals surface area (Å²) in [5.41, 5.74) is 16.4. The maximum absolute atomic E-state index is 12.0. The third-order valence-corrected chi connectivity index (χ3v) is 3.08. The van der Waals surface area contributed by atoms with Gasteiger partial charge in [-0.3, -0.25) is 14.9 Å². The highest BCUT2D eigenvalue weighted by Gasteiger charge is 2.25. The Labute approximate surface area is 135 Å². The zero-order chi connectivity index (χ0) is 17.8. The van der Waals surface area contributed by atoms with Crippen LogP contribution in [0.2, 0.25) is 0 Å². The number of esters is 2. The molecule has 10 nitrogen and oxygen atoms in total. The van der Waals surface area contributed by atoms with Crippen LogP contribution in [0.15, 0.2) is 0 Å². The molecule has 0 radical (unpaired) electrons. The van der Waals surface area contributed by atoms with Crippen molar-refractivity contribution in [3.05, 3.63) is 0 Å². The molecule has 0 aromatic rings. The van der Waals surface area contributed by atoms with Crippen LogP contribution in [0.5, 0.6) is 0 Å². The second kappa shape index (κ2) is 11.8. The molecule has 0 aromatic carbocycles. The van der Waals surface area contributed by atoms with E-state index in [-0.39, 0.29) is 12.8 Å². The summed E-state index contributed by atoms with van der Waals surface area (Å²) < 4.78 is 9.09. The minimum atomic E-state index is -0.951. The number of amides is 1. The molecule has 0 bridgehead atoms. The number of nitrogens with two attached hydrogens (primary N) is 3. The molecule has 0 saturated heterocycles. The third kappa shape index (κ3) is 9.79.